The van der Waals surface area contributed by atoms with Gasteiger partial charge in [0.05, 0.1) is 6.26 Å². The predicted molar refractivity (Wildman–Crippen MR) is 98.2 cm³/mol. The fourth-order valence-electron chi connectivity index (χ4n) is 2.05. The van der Waals surface area contributed by atoms with E-state index in [0.29, 0.717) is 5.56 Å². The summed E-state index contributed by atoms with van der Waals surface area (Å²) in [5.41, 5.74) is 0.731. The van der Waals surface area contributed by atoms with Crippen LogP contribution in [0.25, 0.3) is 6.08 Å². The first-order valence-electron chi connectivity index (χ1n) is 7.78. The molecule has 0 aliphatic carbocycles. The summed E-state index contributed by atoms with van der Waals surface area (Å²) in [4.78, 5) is 35.1. The predicted octanol–water partition coefficient (Wildman–Crippen LogP) is 2.79. The third-order valence-electron chi connectivity index (χ3n) is 3.25. The van der Waals surface area contributed by atoms with E-state index in [-0.39, 0.29) is 30.8 Å². The Kier molecular flexibility index (Phi) is 7.16. The molecule has 136 valence electrons. The fraction of sp³-hybridized carbons (Fsp3) is 0.167. The van der Waals surface area contributed by atoms with E-state index >= 15 is 0 Å². The SMILES string of the molecule is O=C(O)CCCNC(=O)/C(=C/c1cccc(Br)c1)NC(=O)c1ccco1. The standard InChI is InChI=1S/C18H17BrN2O5/c19-13-5-1-4-12(10-13)11-14(17(24)20-8-2-7-16(22)23)21-18(25)15-6-3-9-26-15/h1,3-6,9-11H,2,7-8H2,(H,20,24)(H,21,25)(H,22,23)/b14-11-. The highest BCUT2D eigenvalue weighted by Gasteiger charge is 2.16. The van der Waals surface area contributed by atoms with Gasteiger partial charge in [-0.3, -0.25) is 14.4 Å². The minimum atomic E-state index is -0.935. The van der Waals surface area contributed by atoms with Crippen molar-refractivity contribution in [3.8, 4) is 0 Å². The van der Waals surface area contributed by atoms with Crippen molar-refractivity contribution in [1.29, 1.82) is 0 Å². The number of furan rings is 1. The Morgan fingerprint density at radius 2 is 2.00 bits per heavy atom. The van der Waals surface area contributed by atoms with Crippen LogP contribution in [0, 0.1) is 0 Å². The lowest BCUT2D eigenvalue weighted by Gasteiger charge is -2.10. The van der Waals surface area contributed by atoms with Gasteiger partial charge in [-0.25, -0.2) is 0 Å². The van der Waals surface area contributed by atoms with Gasteiger partial charge in [-0.1, -0.05) is 28.1 Å². The number of carboxylic acids is 1. The van der Waals surface area contributed by atoms with Crippen LogP contribution >= 0.6 is 15.9 Å². The Hall–Kier alpha value is -2.87. The summed E-state index contributed by atoms with van der Waals surface area (Å²) in [6.45, 7) is 0.178. The summed E-state index contributed by atoms with van der Waals surface area (Å²) in [6, 6.07) is 10.3. The van der Waals surface area contributed by atoms with Gasteiger partial charge in [0, 0.05) is 17.4 Å². The van der Waals surface area contributed by atoms with Gasteiger partial charge in [0.1, 0.15) is 5.70 Å². The molecule has 3 N–H and O–H groups in total. The minimum absolute atomic E-state index is 0.0276. The molecule has 0 aliphatic rings. The van der Waals surface area contributed by atoms with Crippen molar-refractivity contribution < 1.29 is 23.9 Å². The maximum atomic E-state index is 12.4. The summed E-state index contributed by atoms with van der Waals surface area (Å²) >= 11 is 3.35. The van der Waals surface area contributed by atoms with Gasteiger partial charge in [-0.05, 0) is 42.3 Å². The molecule has 0 fully saturated rings. The van der Waals surface area contributed by atoms with Crippen LogP contribution in [-0.4, -0.2) is 29.4 Å². The molecule has 0 radical (unpaired) electrons. The van der Waals surface area contributed by atoms with E-state index in [2.05, 4.69) is 26.6 Å². The van der Waals surface area contributed by atoms with Crippen molar-refractivity contribution in [3.63, 3.8) is 0 Å². The van der Waals surface area contributed by atoms with Crippen molar-refractivity contribution in [2.45, 2.75) is 12.8 Å². The van der Waals surface area contributed by atoms with Gasteiger partial charge in [-0.15, -0.1) is 0 Å². The Bertz CT molecular complexity index is 815. The largest absolute Gasteiger partial charge is 0.481 e. The first kappa shape index (κ1) is 19.5. The molecule has 2 aromatic rings. The zero-order valence-corrected chi connectivity index (χ0v) is 15.3. The van der Waals surface area contributed by atoms with Crippen molar-refractivity contribution in [1.82, 2.24) is 10.6 Å². The van der Waals surface area contributed by atoms with Gasteiger partial charge < -0.3 is 20.2 Å². The van der Waals surface area contributed by atoms with Gasteiger partial charge in [0.15, 0.2) is 5.76 Å². The van der Waals surface area contributed by atoms with Crippen LogP contribution in [0.2, 0.25) is 0 Å². The first-order valence-corrected chi connectivity index (χ1v) is 8.57. The highest BCUT2D eigenvalue weighted by atomic mass is 79.9. The quantitative estimate of drug-likeness (QED) is 0.449. The molecule has 0 atom stereocenters. The number of carbonyl (C=O) groups excluding carboxylic acids is 2. The second-order valence-electron chi connectivity index (χ2n) is 5.30. The zero-order chi connectivity index (χ0) is 18.9. The Morgan fingerprint density at radius 3 is 2.65 bits per heavy atom. The van der Waals surface area contributed by atoms with E-state index in [4.69, 9.17) is 9.52 Å². The topological polar surface area (TPSA) is 109 Å². The molecule has 0 saturated heterocycles. The first-order chi connectivity index (χ1) is 12.5. The number of carbonyl (C=O) groups is 3. The third kappa shape index (κ3) is 6.21. The Labute approximate surface area is 158 Å². The number of hydrogen-bond acceptors (Lipinski definition) is 4. The summed E-state index contributed by atoms with van der Waals surface area (Å²) in [5, 5.41) is 13.8. The van der Waals surface area contributed by atoms with E-state index in [1.165, 1.54) is 18.4 Å². The molecule has 2 rings (SSSR count). The Morgan fingerprint density at radius 1 is 1.19 bits per heavy atom. The average Bonchev–Trinajstić information content (AvgIpc) is 3.12. The van der Waals surface area contributed by atoms with E-state index in [1.807, 2.05) is 6.07 Å². The molecule has 1 aromatic carbocycles. The molecule has 0 bridgehead atoms. The van der Waals surface area contributed by atoms with Crippen LogP contribution < -0.4 is 10.6 Å². The fourth-order valence-corrected chi connectivity index (χ4v) is 2.47. The monoisotopic (exact) mass is 420 g/mol. The molecule has 0 aliphatic heterocycles. The number of amides is 2. The summed E-state index contributed by atoms with van der Waals surface area (Å²) in [7, 11) is 0. The van der Waals surface area contributed by atoms with Gasteiger partial charge in [-0.2, -0.15) is 0 Å². The van der Waals surface area contributed by atoms with E-state index in [0.717, 1.165) is 4.47 Å². The maximum absolute atomic E-state index is 12.4. The van der Waals surface area contributed by atoms with E-state index < -0.39 is 17.8 Å². The van der Waals surface area contributed by atoms with Crippen molar-refractivity contribution in [2.75, 3.05) is 6.54 Å². The number of nitrogens with one attached hydrogen (secondary N) is 2. The van der Waals surface area contributed by atoms with Crippen LogP contribution in [0.3, 0.4) is 0 Å². The summed E-state index contributed by atoms with van der Waals surface area (Å²) in [5.74, 6) is -1.94. The average molecular weight is 421 g/mol. The second-order valence-corrected chi connectivity index (χ2v) is 6.21. The normalized spacial score (nSPS) is 11.0. The van der Waals surface area contributed by atoms with Crippen LogP contribution in [0.4, 0.5) is 0 Å². The summed E-state index contributed by atoms with van der Waals surface area (Å²) < 4.78 is 5.85. The third-order valence-corrected chi connectivity index (χ3v) is 3.74. The molecule has 26 heavy (non-hydrogen) atoms. The number of halogens is 1. The molecule has 1 heterocycles. The zero-order valence-electron chi connectivity index (χ0n) is 13.7. The smallest absolute Gasteiger partial charge is 0.303 e. The molecular formula is C18H17BrN2O5. The highest BCUT2D eigenvalue weighted by molar-refractivity contribution is 9.10. The molecule has 0 unspecified atom stereocenters. The second kappa shape index (κ2) is 9.57. The van der Waals surface area contributed by atoms with Crippen LogP contribution in [0.15, 0.2) is 57.2 Å². The lowest BCUT2D eigenvalue weighted by Crippen LogP contribution is -2.35. The number of hydrogen-bond donors (Lipinski definition) is 3. The lowest BCUT2D eigenvalue weighted by molar-refractivity contribution is -0.137. The van der Waals surface area contributed by atoms with Crippen molar-refractivity contribution >= 4 is 39.8 Å². The van der Waals surface area contributed by atoms with Crippen LogP contribution in [0.5, 0.6) is 0 Å². The van der Waals surface area contributed by atoms with Gasteiger partial charge in [0.2, 0.25) is 0 Å². The molecular weight excluding hydrogens is 404 g/mol. The molecule has 2 amide bonds. The van der Waals surface area contributed by atoms with Crippen LogP contribution in [0.1, 0.15) is 29.0 Å². The van der Waals surface area contributed by atoms with E-state index in [9.17, 15) is 14.4 Å². The minimum Gasteiger partial charge on any atom is -0.481 e. The highest BCUT2D eigenvalue weighted by Crippen LogP contribution is 2.14. The lowest BCUT2D eigenvalue weighted by atomic mass is 10.2. The summed E-state index contributed by atoms with van der Waals surface area (Å²) in [6.07, 6.45) is 3.12. The number of rotatable bonds is 8. The van der Waals surface area contributed by atoms with E-state index in [1.54, 1.807) is 24.3 Å². The molecule has 1 aromatic heterocycles. The molecule has 7 nitrogen and oxygen atoms in total. The van der Waals surface area contributed by atoms with Gasteiger partial charge in [0.25, 0.3) is 11.8 Å². The number of benzene rings is 1. The molecule has 0 spiro atoms. The van der Waals surface area contributed by atoms with Crippen molar-refractivity contribution in [2.24, 2.45) is 0 Å². The number of aliphatic carboxylic acids is 1. The maximum Gasteiger partial charge on any atom is 0.303 e. The molecule has 8 heteroatoms. The van der Waals surface area contributed by atoms with Crippen molar-refractivity contribution in [3.05, 3.63) is 64.2 Å². The van der Waals surface area contributed by atoms with Gasteiger partial charge >= 0.3 is 5.97 Å². The Balaban J connectivity index is 2.13. The molecule has 0 saturated carbocycles. The van der Waals surface area contributed by atoms with Crippen LogP contribution in [-0.2, 0) is 9.59 Å². The number of carboxylic acid groups (broad SMARTS) is 1.